The van der Waals surface area contributed by atoms with Crippen LogP contribution in [0.1, 0.15) is 71.6 Å². The lowest BCUT2D eigenvalue weighted by atomic mass is 9.81. The number of carboxylic acids is 2. The Labute approximate surface area is 243 Å². The number of nitrogens with zero attached hydrogens (tertiary/aromatic N) is 3. The summed E-state index contributed by atoms with van der Waals surface area (Å²) in [6, 6.07) is 3.43. The summed E-state index contributed by atoms with van der Waals surface area (Å²) in [5, 5.41) is 21.7. The molecule has 1 aliphatic carbocycles. The fourth-order valence-electron chi connectivity index (χ4n) is 5.84. The highest BCUT2D eigenvalue weighted by molar-refractivity contribution is 6.22. The second-order valence-corrected chi connectivity index (χ2v) is 12.6. The van der Waals surface area contributed by atoms with Crippen LogP contribution in [-0.2, 0) is 14.3 Å². The summed E-state index contributed by atoms with van der Waals surface area (Å²) < 4.78 is 5.56. The van der Waals surface area contributed by atoms with Gasteiger partial charge in [0, 0.05) is 69.3 Å². The molecule has 1 aromatic rings. The van der Waals surface area contributed by atoms with E-state index in [-0.39, 0.29) is 39.9 Å². The molecule has 5 aliphatic rings. The van der Waals surface area contributed by atoms with Crippen molar-refractivity contribution in [1.29, 1.82) is 0 Å². The molecule has 6 rings (SSSR count). The minimum absolute atomic E-state index is 0.00546. The highest BCUT2D eigenvalue weighted by atomic mass is 16.5. The Kier molecular flexibility index (Phi) is 7.38. The van der Waals surface area contributed by atoms with Crippen molar-refractivity contribution in [3.63, 3.8) is 0 Å². The first-order valence-electron chi connectivity index (χ1n) is 14.1. The summed E-state index contributed by atoms with van der Waals surface area (Å²) in [5.74, 6) is -3.37. The number of hydrogen-bond acceptors (Lipinski definition) is 10. The van der Waals surface area contributed by atoms with Crippen LogP contribution in [0.2, 0.25) is 0 Å². The molecule has 4 heterocycles. The molecule has 0 bridgehead atoms. The van der Waals surface area contributed by atoms with E-state index >= 15 is 0 Å². The fraction of sp³-hybridized carbons (Fsp3) is 0.500. The third-order valence-electron chi connectivity index (χ3n) is 7.63. The van der Waals surface area contributed by atoms with Gasteiger partial charge in [0.1, 0.15) is 17.5 Å². The van der Waals surface area contributed by atoms with Crippen LogP contribution in [0.5, 0.6) is 0 Å². The number of benzene rings is 1. The molecule has 0 aromatic heterocycles. The summed E-state index contributed by atoms with van der Waals surface area (Å²) in [4.78, 5) is 65.2. The van der Waals surface area contributed by atoms with Crippen LogP contribution in [-0.4, -0.2) is 111 Å². The molecule has 4 saturated heterocycles. The lowest BCUT2D eigenvalue weighted by molar-refractivity contribution is -0.117. The number of hydrogen-bond donors (Lipinski definition) is 3. The van der Waals surface area contributed by atoms with Crippen molar-refractivity contribution in [2.24, 2.45) is 0 Å². The van der Waals surface area contributed by atoms with Crippen LogP contribution in [0.25, 0.3) is 0 Å². The number of rotatable bonds is 7. The molecule has 0 amide bonds. The van der Waals surface area contributed by atoms with E-state index in [9.17, 15) is 24.0 Å². The van der Waals surface area contributed by atoms with Crippen LogP contribution in [0, 0.1) is 0 Å². The summed E-state index contributed by atoms with van der Waals surface area (Å²) in [6.07, 6.45) is 2.46. The van der Waals surface area contributed by atoms with Crippen molar-refractivity contribution in [2.75, 3.05) is 39.3 Å². The molecule has 1 aromatic carbocycles. The average Bonchev–Trinajstić information content (AvgIpc) is 3.73. The average molecular weight is 581 g/mol. The number of Topliss-reactive ketones (excluding diaryl/α,β-unsaturated/α-hetero) is 1. The van der Waals surface area contributed by atoms with Gasteiger partial charge in [0.25, 0.3) is 0 Å². The highest BCUT2D eigenvalue weighted by Gasteiger charge is 2.43. The number of piperidine rings is 1. The molecular weight excluding hydrogens is 544 g/mol. The van der Waals surface area contributed by atoms with Gasteiger partial charge < -0.3 is 35.0 Å². The Morgan fingerprint density at radius 2 is 1.33 bits per heavy atom. The van der Waals surface area contributed by atoms with Crippen molar-refractivity contribution >= 4 is 29.5 Å². The Morgan fingerprint density at radius 1 is 0.810 bits per heavy atom. The highest BCUT2D eigenvalue weighted by Crippen LogP contribution is 2.34. The Hall–Kier alpha value is -4.19. The summed E-state index contributed by atoms with van der Waals surface area (Å²) >= 11 is 0. The molecule has 0 unspecified atom stereocenters. The second-order valence-electron chi connectivity index (χ2n) is 12.6. The van der Waals surface area contributed by atoms with Gasteiger partial charge in [0.2, 0.25) is 11.6 Å². The zero-order valence-corrected chi connectivity index (χ0v) is 24.2. The molecule has 12 nitrogen and oxygen atoms in total. The molecule has 0 saturated carbocycles. The Balaban J connectivity index is 0.000000179. The smallest absolute Gasteiger partial charge is 0.338 e. The quantitative estimate of drug-likeness (QED) is 0.244. The third-order valence-corrected chi connectivity index (χ3v) is 7.63. The molecule has 0 atom stereocenters. The van der Waals surface area contributed by atoms with E-state index in [0.717, 1.165) is 51.4 Å². The molecule has 42 heavy (non-hydrogen) atoms. The minimum Gasteiger partial charge on any atom is -0.478 e. The predicted molar refractivity (Wildman–Crippen MR) is 150 cm³/mol. The van der Waals surface area contributed by atoms with Crippen LogP contribution in [0.15, 0.2) is 41.4 Å². The lowest BCUT2D eigenvalue weighted by Crippen LogP contribution is -2.59. The van der Waals surface area contributed by atoms with Gasteiger partial charge in [-0.2, -0.15) is 0 Å². The van der Waals surface area contributed by atoms with Gasteiger partial charge in [-0.25, -0.2) is 14.4 Å². The Bertz CT molecular complexity index is 1410. The molecule has 224 valence electrons. The second kappa shape index (κ2) is 10.6. The summed E-state index contributed by atoms with van der Waals surface area (Å²) in [6.45, 7) is 13.5. The van der Waals surface area contributed by atoms with Crippen LogP contribution in [0.4, 0.5) is 0 Å². The molecule has 3 N–H and O–H groups in total. The number of aromatic carboxylic acids is 2. The number of carboxylic acid groups (broad SMARTS) is 2. The van der Waals surface area contributed by atoms with E-state index in [1.54, 1.807) is 0 Å². The number of nitrogens with one attached hydrogen (secondary N) is 1. The van der Waals surface area contributed by atoms with Gasteiger partial charge in [-0.1, -0.05) is 0 Å². The SMILES string of the molecule is CC1(C)CC(OC(=O)c2ccc(C(=O)O)c(C(=O)O)c2)CC(C)(C)N1.O=C1C=C(N2CC2)C(=O)C(N2CC2)=C1N1CC1. The zero-order valence-electron chi connectivity index (χ0n) is 24.2. The van der Waals surface area contributed by atoms with Crippen molar-refractivity contribution < 1.29 is 38.9 Å². The number of ketones is 2. The van der Waals surface area contributed by atoms with Crippen LogP contribution < -0.4 is 5.32 Å². The first kappa shape index (κ1) is 29.3. The molecule has 4 fully saturated rings. The topological polar surface area (TPSA) is 156 Å². The van der Waals surface area contributed by atoms with E-state index in [1.165, 1.54) is 12.1 Å². The van der Waals surface area contributed by atoms with Crippen LogP contribution >= 0.6 is 0 Å². The maximum Gasteiger partial charge on any atom is 0.338 e. The molecule has 12 heteroatoms. The maximum absolute atomic E-state index is 12.4. The van der Waals surface area contributed by atoms with Crippen molar-refractivity contribution in [3.05, 3.63) is 58.1 Å². The summed E-state index contributed by atoms with van der Waals surface area (Å²) in [5.41, 5.74) is 0.702. The monoisotopic (exact) mass is 580 g/mol. The van der Waals surface area contributed by atoms with E-state index in [1.807, 2.05) is 42.4 Å². The van der Waals surface area contributed by atoms with E-state index in [2.05, 4.69) is 5.32 Å². The zero-order chi connectivity index (χ0) is 30.6. The molecule has 4 aliphatic heterocycles. The van der Waals surface area contributed by atoms with Gasteiger partial charge in [-0.05, 0) is 45.9 Å². The van der Waals surface area contributed by atoms with Gasteiger partial charge >= 0.3 is 17.9 Å². The minimum atomic E-state index is -1.41. The van der Waals surface area contributed by atoms with E-state index in [4.69, 9.17) is 14.9 Å². The normalized spacial score (nSPS) is 22.2. The Morgan fingerprint density at radius 3 is 1.83 bits per heavy atom. The molecule has 0 radical (unpaired) electrons. The number of allylic oxidation sites excluding steroid dienone is 1. The van der Waals surface area contributed by atoms with Gasteiger partial charge in [0.05, 0.1) is 22.4 Å². The number of carbonyl (C=O) groups excluding carboxylic acids is 3. The predicted octanol–water partition coefficient (Wildman–Crippen LogP) is 1.73. The van der Waals surface area contributed by atoms with Crippen molar-refractivity contribution in [3.8, 4) is 0 Å². The number of esters is 1. The van der Waals surface area contributed by atoms with E-state index < -0.39 is 23.5 Å². The van der Waals surface area contributed by atoms with Crippen molar-refractivity contribution in [1.82, 2.24) is 20.0 Å². The first-order valence-corrected chi connectivity index (χ1v) is 14.1. The van der Waals surface area contributed by atoms with E-state index in [0.29, 0.717) is 29.9 Å². The number of ether oxygens (including phenoxy) is 1. The van der Waals surface area contributed by atoms with Crippen molar-refractivity contribution in [2.45, 2.75) is 57.7 Å². The van der Waals surface area contributed by atoms with Crippen LogP contribution in [0.3, 0.4) is 0 Å². The third kappa shape index (κ3) is 6.48. The fourth-order valence-corrected chi connectivity index (χ4v) is 5.84. The van der Waals surface area contributed by atoms with Gasteiger partial charge in [0.15, 0.2) is 0 Å². The lowest BCUT2D eigenvalue weighted by Gasteiger charge is -2.45. The van der Waals surface area contributed by atoms with Gasteiger partial charge in [-0.3, -0.25) is 9.59 Å². The first-order chi connectivity index (χ1) is 19.7. The number of carbonyl (C=O) groups is 5. The van der Waals surface area contributed by atoms with Gasteiger partial charge in [-0.15, -0.1) is 0 Å². The summed E-state index contributed by atoms with van der Waals surface area (Å²) in [7, 11) is 0. The maximum atomic E-state index is 12.4. The largest absolute Gasteiger partial charge is 0.478 e. The standard InChI is InChI=1S/C18H23NO6.C12H13N3O2/c1-17(2)8-11(9-18(3,4)19-17)25-16(24)10-5-6-12(14(20)21)13(7-10)15(22)23;16-9-7-8(13-1-2-13)12(17)11(15-5-6-15)10(9)14-3-4-14/h5-7,11,19H,8-9H2,1-4H3,(H,20,21)(H,22,23);7H,1-6H2. The molecular formula is C30H36N4O8. The molecule has 0 spiro atoms.